The zero-order valence-electron chi connectivity index (χ0n) is 16.3. The van der Waals surface area contributed by atoms with Gasteiger partial charge < -0.3 is 0 Å². The van der Waals surface area contributed by atoms with Gasteiger partial charge in [0.25, 0.3) is 15.9 Å². The van der Waals surface area contributed by atoms with Gasteiger partial charge in [0, 0.05) is 0 Å². The number of aromatic nitrogens is 1. The first-order chi connectivity index (χ1) is 14.3. The largest absolute Gasteiger partial charge is 0.298 e. The summed E-state index contributed by atoms with van der Waals surface area (Å²) in [7, 11) is -3.82. The van der Waals surface area contributed by atoms with E-state index in [-0.39, 0.29) is 16.1 Å². The van der Waals surface area contributed by atoms with Gasteiger partial charge in [-0.05, 0) is 55.3 Å². The Kier molecular flexibility index (Phi) is 5.27. The Hall–Kier alpha value is -3.23. The average molecular weight is 438 g/mol. The van der Waals surface area contributed by atoms with Crippen LogP contribution < -0.4 is 10.0 Å². The molecule has 1 aromatic heterocycles. The van der Waals surface area contributed by atoms with Gasteiger partial charge in [0.1, 0.15) is 0 Å². The van der Waals surface area contributed by atoms with Crippen LogP contribution in [0.1, 0.15) is 21.5 Å². The highest BCUT2D eigenvalue weighted by Gasteiger charge is 2.19. The molecule has 0 unspecified atom stereocenters. The van der Waals surface area contributed by atoms with Crippen molar-refractivity contribution in [3.05, 3.63) is 83.4 Å². The van der Waals surface area contributed by atoms with Gasteiger partial charge in [-0.3, -0.25) is 14.8 Å². The van der Waals surface area contributed by atoms with E-state index in [2.05, 4.69) is 21.1 Å². The van der Waals surface area contributed by atoms with E-state index in [1.165, 1.54) is 23.5 Å². The Bertz CT molecular complexity index is 1350. The van der Waals surface area contributed by atoms with Crippen molar-refractivity contribution in [2.24, 2.45) is 0 Å². The van der Waals surface area contributed by atoms with E-state index in [0.29, 0.717) is 5.13 Å². The number of rotatable bonds is 5. The van der Waals surface area contributed by atoms with E-state index in [4.69, 9.17) is 0 Å². The van der Waals surface area contributed by atoms with Crippen molar-refractivity contribution in [1.82, 2.24) is 4.98 Å². The lowest BCUT2D eigenvalue weighted by molar-refractivity contribution is 0.102. The van der Waals surface area contributed by atoms with Crippen molar-refractivity contribution in [3.8, 4) is 0 Å². The first-order valence-corrected chi connectivity index (χ1v) is 11.5. The summed E-state index contributed by atoms with van der Waals surface area (Å²) in [5.41, 5.74) is 3.44. The molecule has 1 heterocycles. The molecule has 0 aliphatic rings. The molecule has 8 heteroatoms. The second-order valence-corrected chi connectivity index (χ2v) is 9.55. The van der Waals surface area contributed by atoms with Crippen LogP contribution in [0, 0.1) is 13.8 Å². The van der Waals surface area contributed by atoms with Gasteiger partial charge in [-0.2, -0.15) is 0 Å². The Labute approximate surface area is 178 Å². The summed E-state index contributed by atoms with van der Waals surface area (Å²) >= 11 is 1.39. The highest BCUT2D eigenvalue weighted by molar-refractivity contribution is 7.92. The lowest BCUT2D eigenvalue weighted by Crippen LogP contribution is -2.18. The number of hydrogen-bond acceptors (Lipinski definition) is 5. The summed E-state index contributed by atoms with van der Waals surface area (Å²) < 4.78 is 28.9. The van der Waals surface area contributed by atoms with Crippen molar-refractivity contribution in [1.29, 1.82) is 0 Å². The molecule has 6 nitrogen and oxygen atoms in total. The van der Waals surface area contributed by atoms with Crippen LogP contribution in [-0.4, -0.2) is 19.3 Å². The predicted octanol–water partition coefficient (Wildman–Crippen LogP) is 4.97. The number of para-hydroxylation sites is 1. The van der Waals surface area contributed by atoms with Crippen LogP contribution in [-0.2, 0) is 10.0 Å². The van der Waals surface area contributed by atoms with E-state index in [0.717, 1.165) is 21.3 Å². The van der Waals surface area contributed by atoms with Gasteiger partial charge in [-0.1, -0.05) is 47.7 Å². The molecule has 0 saturated carbocycles. The Balaban J connectivity index is 1.62. The second-order valence-electron chi connectivity index (χ2n) is 6.87. The van der Waals surface area contributed by atoms with Crippen molar-refractivity contribution >= 4 is 48.3 Å². The summed E-state index contributed by atoms with van der Waals surface area (Å²) in [6, 6.07) is 18.5. The highest BCUT2D eigenvalue weighted by Crippen LogP contribution is 2.30. The quantitative estimate of drug-likeness (QED) is 0.462. The van der Waals surface area contributed by atoms with Crippen molar-refractivity contribution in [2.75, 3.05) is 10.0 Å². The van der Waals surface area contributed by atoms with Crippen LogP contribution in [0.2, 0.25) is 0 Å². The minimum absolute atomic E-state index is 0.122. The third-order valence-corrected chi connectivity index (χ3v) is 7.01. The van der Waals surface area contributed by atoms with Crippen LogP contribution in [0.3, 0.4) is 0 Å². The summed E-state index contributed by atoms with van der Waals surface area (Å²) in [4.78, 5) is 17.5. The van der Waals surface area contributed by atoms with Crippen LogP contribution in [0.4, 0.5) is 10.8 Å². The molecule has 0 aliphatic carbocycles. The molecule has 0 saturated heterocycles. The molecule has 152 valence electrons. The van der Waals surface area contributed by atoms with E-state index >= 15 is 0 Å². The van der Waals surface area contributed by atoms with Crippen molar-refractivity contribution in [2.45, 2.75) is 18.7 Å². The maximum Gasteiger partial charge on any atom is 0.261 e. The molecule has 0 atom stereocenters. The first kappa shape index (κ1) is 20.1. The van der Waals surface area contributed by atoms with Crippen molar-refractivity contribution < 1.29 is 13.2 Å². The number of hydrogen-bond donors (Lipinski definition) is 2. The SMILES string of the molecule is Cc1cc(C)c2sc(NC(=O)c3ccccc3NS(=O)(=O)c3ccccc3)nc2c1. The molecule has 0 fully saturated rings. The van der Waals surface area contributed by atoms with Gasteiger partial charge in [0.15, 0.2) is 5.13 Å². The Morgan fingerprint density at radius 1 is 0.967 bits per heavy atom. The summed E-state index contributed by atoms with van der Waals surface area (Å²) in [6.07, 6.45) is 0. The van der Waals surface area contributed by atoms with Crippen LogP contribution in [0.15, 0.2) is 71.6 Å². The fourth-order valence-electron chi connectivity index (χ4n) is 3.17. The molecule has 0 spiro atoms. The molecular weight excluding hydrogens is 418 g/mol. The minimum Gasteiger partial charge on any atom is -0.298 e. The van der Waals surface area contributed by atoms with Crippen LogP contribution in [0.5, 0.6) is 0 Å². The van der Waals surface area contributed by atoms with Crippen LogP contribution in [0.25, 0.3) is 10.2 Å². The number of aryl methyl sites for hydroxylation is 2. The molecule has 0 aliphatic heterocycles. The van der Waals surface area contributed by atoms with E-state index in [1.54, 1.807) is 42.5 Å². The first-order valence-electron chi connectivity index (χ1n) is 9.19. The fraction of sp³-hybridized carbons (Fsp3) is 0.0909. The summed E-state index contributed by atoms with van der Waals surface area (Å²) in [5.74, 6) is -0.435. The summed E-state index contributed by atoms with van der Waals surface area (Å²) in [5, 5.41) is 3.26. The number of carbonyl (C=O) groups is 1. The number of carbonyl (C=O) groups excluding carboxylic acids is 1. The molecule has 4 rings (SSSR count). The Morgan fingerprint density at radius 2 is 1.67 bits per heavy atom. The number of benzene rings is 3. The fourth-order valence-corrected chi connectivity index (χ4v) is 5.18. The third kappa shape index (κ3) is 4.05. The number of fused-ring (bicyclic) bond motifs is 1. The average Bonchev–Trinajstić information content (AvgIpc) is 3.11. The Morgan fingerprint density at radius 3 is 2.43 bits per heavy atom. The minimum atomic E-state index is -3.82. The van der Waals surface area contributed by atoms with E-state index in [9.17, 15) is 13.2 Å². The topological polar surface area (TPSA) is 88.2 Å². The summed E-state index contributed by atoms with van der Waals surface area (Å²) in [6.45, 7) is 4.01. The van der Waals surface area contributed by atoms with Gasteiger partial charge in [-0.25, -0.2) is 13.4 Å². The highest BCUT2D eigenvalue weighted by atomic mass is 32.2. The molecule has 0 radical (unpaired) electrons. The molecule has 2 N–H and O–H groups in total. The smallest absolute Gasteiger partial charge is 0.261 e. The standard InChI is InChI=1S/C22H19N3O3S2/c1-14-12-15(2)20-19(13-14)23-22(29-20)24-21(26)17-10-6-7-11-18(17)25-30(27,28)16-8-4-3-5-9-16/h3-13,25H,1-2H3,(H,23,24,26). The number of nitrogens with zero attached hydrogens (tertiary/aromatic N) is 1. The monoisotopic (exact) mass is 437 g/mol. The third-order valence-electron chi connectivity index (χ3n) is 4.51. The normalized spacial score (nSPS) is 11.4. The van der Waals surface area contributed by atoms with E-state index in [1.807, 2.05) is 19.9 Å². The zero-order valence-corrected chi connectivity index (χ0v) is 18.0. The van der Waals surface area contributed by atoms with E-state index < -0.39 is 15.9 Å². The maximum absolute atomic E-state index is 12.9. The van der Waals surface area contributed by atoms with Crippen LogP contribution >= 0.6 is 11.3 Å². The lowest BCUT2D eigenvalue weighted by Gasteiger charge is -2.12. The van der Waals surface area contributed by atoms with Crippen molar-refractivity contribution in [3.63, 3.8) is 0 Å². The number of thiazole rings is 1. The zero-order chi connectivity index (χ0) is 21.3. The molecule has 30 heavy (non-hydrogen) atoms. The van der Waals surface area contributed by atoms with Gasteiger partial charge in [0.05, 0.1) is 26.4 Å². The molecule has 0 bridgehead atoms. The predicted molar refractivity (Wildman–Crippen MR) is 121 cm³/mol. The number of anilines is 2. The maximum atomic E-state index is 12.9. The van der Waals surface area contributed by atoms with Gasteiger partial charge >= 0.3 is 0 Å². The number of sulfonamides is 1. The van der Waals surface area contributed by atoms with Gasteiger partial charge in [-0.15, -0.1) is 0 Å². The molecule has 3 aromatic carbocycles. The molecule has 4 aromatic rings. The lowest BCUT2D eigenvalue weighted by atomic mass is 10.1. The number of amides is 1. The molecular formula is C22H19N3O3S2. The van der Waals surface area contributed by atoms with Gasteiger partial charge in [0.2, 0.25) is 0 Å². The number of nitrogens with one attached hydrogen (secondary N) is 2. The molecule has 1 amide bonds. The second kappa shape index (κ2) is 7.89.